The van der Waals surface area contributed by atoms with Crippen LogP contribution in [-0.4, -0.2) is 28.4 Å². The van der Waals surface area contributed by atoms with Crippen molar-refractivity contribution in [1.29, 1.82) is 0 Å². The second-order valence-electron chi connectivity index (χ2n) is 5.26. The lowest BCUT2D eigenvalue weighted by Crippen LogP contribution is -2.35. The summed E-state index contributed by atoms with van der Waals surface area (Å²) in [6.45, 7) is 4.65. The van der Waals surface area contributed by atoms with Crippen molar-refractivity contribution in [3.8, 4) is 0 Å². The average Bonchev–Trinajstić information content (AvgIpc) is 3.06. The Kier molecular flexibility index (Phi) is 5.42. The number of aliphatic carboxylic acids is 1. The van der Waals surface area contributed by atoms with Crippen molar-refractivity contribution in [3.63, 3.8) is 0 Å². The summed E-state index contributed by atoms with van der Waals surface area (Å²) in [5.74, 6) is -1.36. The van der Waals surface area contributed by atoms with Gasteiger partial charge in [0, 0.05) is 17.3 Å². The average molecular weight is 328 g/mol. The molecule has 0 aliphatic heterocycles. The normalized spacial score (nSPS) is 21.2. The topological polar surface area (TPSA) is 57.6 Å². The van der Waals surface area contributed by atoms with Crippen molar-refractivity contribution in [3.05, 3.63) is 34.0 Å². The first-order chi connectivity index (χ1) is 10.0. The third-order valence-corrected chi connectivity index (χ3v) is 4.98. The molecule has 1 aromatic rings. The van der Waals surface area contributed by atoms with Gasteiger partial charge in [0.25, 0.3) is 0 Å². The fourth-order valence-electron chi connectivity index (χ4n) is 2.70. The Balaban J connectivity index is 2.02. The summed E-state index contributed by atoms with van der Waals surface area (Å²) in [6, 6.07) is 3.72. The van der Waals surface area contributed by atoms with Crippen LogP contribution in [-0.2, 0) is 16.1 Å². The van der Waals surface area contributed by atoms with Gasteiger partial charge in [0.1, 0.15) is 0 Å². The molecule has 1 aliphatic carbocycles. The van der Waals surface area contributed by atoms with Gasteiger partial charge in [-0.1, -0.05) is 17.7 Å². The minimum absolute atomic E-state index is 0.0168. The fraction of sp³-hybridized carbons (Fsp3) is 0.467. The van der Waals surface area contributed by atoms with Crippen molar-refractivity contribution in [2.45, 2.75) is 25.8 Å². The number of hydrogen-bond acceptors (Lipinski definition) is 3. The van der Waals surface area contributed by atoms with E-state index in [1.165, 1.54) is 11.3 Å². The van der Waals surface area contributed by atoms with Crippen LogP contribution >= 0.6 is 22.9 Å². The van der Waals surface area contributed by atoms with Crippen molar-refractivity contribution in [2.75, 3.05) is 6.54 Å². The van der Waals surface area contributed by atoms with Crippen LogP contribution < -0.4 is 0 Å². The lowest BCUT2D eigenvalue weighted by molar-refractivity contribution is -0.141. The highest BCUT2D eigenvalue weighted by Crippen LogP contribution is 2.33. The first-order valence-electron chi connectivity index (χ1n) is 6.88. The number of hydrogen-bond donors (Lipinski definition) is 1. The number of carboxylic acid groups (broad SMARTS) is 1. The maximum absolute atomic E-state index is 12.6. The van der Waals surface area contributed by atoms with Gasteiger partial charge in [-0.05, 0) is 31.4 Å². The van der Waals surface area contributed by atoms with Crippen LogP contribution in [0.5, 0.6) is 0 Å². The monoisotopic (exact) mass is 327 g/mol. The van der Waals surface area contributed by atoms with Gasteiger partial charge in [-0.3, -0.25) is 9.59 Å². The quantitative estimate of drug-likeness (QED) is 0.814. The fourth-order valence-corrected chi connectivity index (χ4v) is 3.80. The summed E-state index contributed by atoms with van der Waals surface area (Å²) >= 11 is 7.36. The molecule has 1 fully saturated rings. The second kappa shape index (κ2) is 7.09. The second-order valence-corrected chi connectivity index (χ2v) is 7.06. The van der Waals surface area contributed by atoms with Gasteiger partial charge < -0.3 is 10.0 Å². The number of nitrogens with zero attached hydrogens (tertiary/aromatic N) is 1. The minimum atomic E-state index is -0.800. The van der Waals surface area contributed by atoms with E-state index < -0.39 is 5.97 Å². The van der Waals surface area contributed by atoms with Gasteiger partial charge in [-0.25, -0.2) is 0 Å². The Morgan fingerprint density at radius 2 is 2.14 bits per heavy atom. The SMILES string of the molecule is C=CCN(Cc1ccc(Cl)s1)C(=O)[C@H]1CC[C@@H](C(=O)O)C1. The highest BCUT2D eigenvalue weighted by Gasteiger charge is 2.35. The van der Waals surface area contributed by atoms with E-state index in [-0.39, 0.29) is 17.7 Å². The Morgan fingerprint density at radius 1 is 1.43 bits per heavy atom. The number of carboxylic acids is 1. The number of thiophene rings is 1. The molecule has 1 aromatic heterocycles. The standard InChI is InChI=1S/C15H18ClNO3S/c1-2-7-17(9-12-5-6-13(16)21-12)14(18)10-3-4-11(8-10)15(19)20/h2,5-6,10-11H,1,3-4,7-9H2,(H,19,20)/t10-,11+/m0/s1. The number of rotatable bonds is 6. The molecule has 0 saturated heterocycles. The zero-order valence-electron chi connectivity index (χ0n) is 11.6. The third-order valence-electron chi connectivity index (χ3n) is 3.77. The first-order valence-corrected chi connectivity index (χ1v) is 8.07. The van der Waals surface area contributed by atoms with E-state index >= 15 is 0 Å². The molecule has 114 valence electrons. The maximum atomic E-state index is 12.6. The van der Waals surface area contributed by atoms with Crippen LogP contribution in [0.1, 0.15) is 24.1 Å². The van der Waals surface area contributed by atoms with Crippen LogP contribution in [0.25, 0.3) is 0 Å². The van der Waals surface area contributed by atoms with E-state index in [0.29, 0.717) is 36.7 Å². The predicted octanol–water partition coefficient (Wildman–Crippen LogP) is 3.42. The van der Waals surface area contributed by atoms with Crippen LogP contribution in [0.4, 0.5) is 0 Å². The molecule has 21 heavy (non-hydrogen) atoms. The summed E-state index contributed by atoms with van der Waals surface area (Å²) < 4.78 is 0.697. The molecule has 1 heterocycles. The highest BCUT2D eigenvalue weighted by atomic mass is 35.5. The van der Waals surface area contributed by atoms with E-state index in [1.807, 2.05) is 12.1 Å². The summed E-state index contributed by atoms with van der Waals surface area (Å²) in [5.41, 5.74) is 0. The Bertz CT molecular complexity index is 543. The summed E-state index contributed by atoms with van der Waals surface area (Å²) in [4.78, 5) is 26.3. The number of carbonyl (C=O) groups excluding carboxylic acids is 1. The lowest BCUT2D eigenvalue weighted by Gasteiger charge is -2.24. The van der Waals surface area contributed by atoms with E-state index in [2.05, 4.69) is 6.58 Å². The van der Waals surface area contributed by atoms with Crippen LogP contribution in [0, 0.1) is 11.8 Å². The van der Waals surface area contributed by atoms with Gasteiger partial charge in [0.2, 0.25) is 5.91 Å². The molecule has 1 aliphatic rings. The molecule has 0 aromatic carbocycles. The highest BCUT2D eigenvalue weighted by molar-refractivity contribution is 7.16. The van der Waals surface area contributed by atoms with Crippen molar-refractivity contribution in [1.82, 2.24) is 4.90 Å². The maximum Gasteiger partial charge on any atom is 0.306 e. The van der Waals surface area contributed by atoms with Gasteiger partial charge in [0.15, 0.2) is 0 Å². The molecule has 0 unspecified atom stereocenters. The van der Waals surface area contributed by atoms with Crippen LogP contribution in [0.15, 0.2) is 24.8 Å². The zero-order chi connectivity index (χ0) is 15.4. The van der Waals surface area contributed by atoms with E-state index in [9.17, 15) is 9.59 Å². The molecule has 4 nitrogen and oxygen atoms in total. The number of carbonyl (C=O) groups is 2. The third kappa shape index (κ3) is 4.08. The minimum Gasteiger partial charge on any atom is -0.481 e. The summed E-state index contributed by atoms with van der Waals surface area (Å²) in [5, 5.41) is 9.04. The molecular weight excluding hydrogens is 310 g/mol. The van der Waals surface area contributed by atoms with Crippen molar-refractivity contribution in [2.24, 2.45) is 11.8 Å². The molecule has 0 radical (unpaired) electrons. The smallest absolute Gasteiger partial charge is 0.306 e. The Hall–Kier alpha value is -1.33. The molecular formula is C15H18ClNO3S. The van der Waals surface area contributed by atoms with Crippen molar-refractivity contribution >= 4 is 34.8 Å². The summed E-state index contributed by atoms with van der Waals surface area (Å²) in [6.07, 6.45) is 3.36. The van der Waals surface area contributed by atoms with Gasteiger partial charge >= 0.3 is 5.97 Å². The Morgan fingerprint density at radius 3 is 2.67 bits per heavy atom. The van der Waals surface area contributed by atoms with Crippen LogP contribution in [0.2, 0.25) is 4.34 Å². The Labute approximate surface area is 133 Å². The first kappa shape index (κ1) is 16.0. The molecule has 2 rings (SSSR count). The largest absolute Gasteiger partial charge is 0.481 e. The van der Waals surface area contributed by atoms with E-state index in [0.717, 1.165) is 4.88 Å². The zero-order valence-corrected chi connectivity index (χ0v) is 13.2. The van der Waals surface area contributed by atoms with Gasteiger partial charge in [-0.2, -0.15) is 0 Å². The number of amides is 1. The molecule has 1 N–H and O–H groups in total. The van der Waals surface area contributed by atoms with E-state index in [1.54, 1.807) is 11.0 Å². The molecule has 6 heteroatoms. The van der Waals surface area contributed by atoms with Gasteiger partial charge in [-0.15, -0.1) is 17.9 Å². The molecule has 0 bridgehead atoms. The molecule has 0 spiro atoms. The summed E-state index contributed by atoms with van der Waals surface area (Å²) in [7, 11) is 0. The molecule has 1 saturated carbocycles. The number of halogens is 1. The van der Waals surface area contributed by atoms with E-state index in [4.69, 9.17) is 16.7 Å². The van der Waals surface area contributed by atoms with Crippen molar-refractivity contribution < 1.29 is 14.7 Å². The van der Waals surface area contributed by atoms with Crippen LogP contribution in [0.3, 0.4) is 0 Å². The molecule has 1 amide bonds. The predicted molar refractivity (Wildman–Crippen MR) is 83.4 cm³/mol. The lowest BCUT2D eigenvalue weighted by atomic mass is 10.0. The molecule has 2 atom stereocenters. The van der Waals surface area contributed by atoms with Gasteiger partial charge in [0.05, 0.1) is 16.8 Å².